The summed E-state index contributed by atoms with van der Waals surface area (Å²) in [6, 6.07) is 9.83. The van der Waals surface area contributed by atoms with Crippen molar-refractivity contribution in [3.05, 3.63) is 52.5 Å². The lowest BCUT2D eigenvalue weighted by Crippen LogP contribution is -2.35. The molecule has 2 rings (SSSR count). The molecule has 0 saturated heterocycles. The highest BCUT2D eigenvalue weighted by Gasteiger charge is 2.24. The molecule has 2 aromatic carbocycles. The van der Waals surface area contributed by atoms with Gasteiger partial charge < -0.3 is 10.1 Å². The highest BCUT2D eigenvalue weighted by atomic mass is 35.5. The average Bonchev–Trinajstić information content (AvgIpc) is 2.57. The molecular weight excluding hydrogens is 376 g/mol. The minimum Gasteiger partial charge on any atom is -0.495 e. The van der Waals surface area contributed by atoms with Gasteiger partial charge in [0.15, 0.2) is 0 Å². The van der Waals surface area contributed by atoms with Crippen LogP contribution in [0.1, 0.15) is 11.1 Å². The molecule has 8 heteroatoms. The molecule has 6 nitrogen and oxygen atoms in total. The van der Waals surface area contributed by atoms with Crippen LogP contribution in [0.4, 0.5) is 5.69 Å². The van der Waals surface area contributed by atoms with Crippen LogP contribution in [0, 0.1) is 13.8 Å². The van der Waals surface area contributed by atoms with Gasteiger partial charge in [-0.3, -0.25) is 4.79 Å². The number of anilines is 1. The number of nitrogens with zero attached hydrogens (tertiary/aromatic N) is 1. The van der Waals surface area contributed by atoms with E-state index in [1.54, 1.807) is 0 Å². The van der Waals surface area contributed by atoms with Gasteiger partial charge in [-0.05, 0) is 49.2 Å². The molecule has 140 valence electrons. The molecule has 0 atom stereocenters. The fourth-order valence-electron chi connectivity index (χ4n) is 2.33. The maximum absolute atomic E-state index is 12.6. The number of ether oxygens (including phenoxy) is 1. The highest BCUT2D eigenvalue weighted by molar-refractivity contribution is 7.89. The summed E-state index contributed by atoms with van der Waals surface area (Å²) in [4.78, 5) is 12.3. The Bertz CT molecular complexity index is 929. The first kappa shape index (κ1) is 20.2. The molecule has 0 fully saturated rings. The average molecular weight is 397 g/mol. The van der Waals surface area contributed by atoms with E-state index in [-0.39, 0.29) is 16.5 Å². The molecule has 26 heavy (non-hydrogen) atoms. The number of nitrogens with one attached hydrogen (secondary N) is 1. The fourth-order valence-corrected chi connectivity index (χ4v) is 3.81. The second-order valence-corrected chi connectivity index (χ2v) is 8.38. The third-order valence-corrected chi connectivity index (χ3v) is 5.96. The Morgan fingerprint density at radius 3 is 2.50 bits per heavy atom. The van der Waals surface area contributed by atoms with E-state index in [0.717, 1.165) is 15.4 Å². The zero-order chi connectivity index (χ0) is 19.5. The first-order chi connectivity index (χ1) is 12.1. The van der Waals surface area contributed by atoms with Crippen molar-refractivity contribution in [1.82, 2.24) is 4.31 Å². The number of carbonyl (C=O) groups excluding carboxylic acids is 1. The van der Waals surface area contributed by atoms with Crippen LogP contribution in [-0.2, 0) is 14.8 Å². The van der Waals surface area contributed by atoms with Gasteiger partial charge in [0, 0.05) is 12.7 Å². The predicted molar refractivity (Wildman–Crippen MR) is 102 cm³/mol. The normalized spacial score (nSPS) is 11.5. The lowest BCUT2D eigenvalue weighted by Gasteiger charge is -2.18. The van der Waals surface area contributed by atoms with Gasteiger partial charge >= 0.3 is 0 Å². The number of sulfonamides is 1. The summed E-state index contributed by atoms with van der Waals surface area (Å²) >= 11 is 6.00. The number of aryl methyl sites for hydroxylation is 2. The molecule has 0 aromatic heterocycles. The van der Waals surface area contributed by atoms with Gasteiger partial charge in [-0.1, -0.05) is 23.7 Å². The molecule has 0 aliphatic carbocycles. The highest BCUT2D eigenvalue weighted by Crippen LogP contribution is 2.28. The van der Waals surface area contributed by atoms with E-state index in [4.69, 9.17) is 16.3 Å². The third-order valence-electron chi connectivity index (χ3n) is 3.86. The van der Waals surface area contributed by atoms with Gasteiger partial charge in [-0.15, -0.1) is 0 Å². The van der Waals surface area contributed by atoms with Crippen molar-refractivity contribution >= 4 is 33.2 Å². The van der Waals surface area contributed by atoms with Crippen LogP contribution < -0.4 is 10.1 Å². The number of amides is 1. The second-order valence-electron chi connectivity index (χ2n) is 5.92. The van der Waals surface area contributed by atoms with Crippen LogP contribution >= 0.6 is 11.6 Å². The summed E-state index contributed by atoms with van der Waals surface area (Å²) in [5.41, 5.74) is 2.56. The van der Waals surface area contributed by atoms with Crippen molar-refractivity contribution in [1.29, 1.82) is 0 Å². The van der Waals surface area contributed by atoms with Crippen molar-refractivity contribution in [3.63, 3.8) is 0 Å². The lowest BCUT2D eigenvalue weighted by molar-refractivity contribution is -0.116. The molecule has 0 aliphatic rings. The standard InChI is InChI=1S/C18H21ClN2O4S/c1-12-5-6-13(2)16(9-12)20-18(22)11-21(3)26(23,24)14-7-8-17(25-4)15(19)10-14/h5-10H,11H2,1-4H3,(H,20,22). The Morgan fingerprint density at radius 2 is 1.88 bits per heavy atom. The number of likely N-dealkylation sites (N-methyl/N-ethyl adjacent to an activating group) is 1. The molecule has 0 spiro atoms. The van der Waals surface area contributed by atoms with Crippen LogP contribution in [0.5, 0.6) is 5.75 Å². The van der Waals surface area contributed by atoms with Crippen LogP contribution in [0.3, 0.4) is 0 Å². The van der Waals surface area contributed by atoms with Crippen molar-refractivity contribution in [2.24, 2.45) is 0 Å². The Morgan fingerprint density at radius 1 is 1.19 bits per heavy atom. The van der Waals surface area contributed by atoms with Crippen LogP contribution in [0.2, 0.25) is 5.02 Å². The largest absolute Gasteiger partial charge is 0.495 e. The summed E-state index contributed by atoms with van der Waals surface area (Å²) in [5.74, 6) is -0.0506. The topological polar surface area (TPSA) is 75.7 Å². The number of hydrogen-bond donors (Lipinski definition) is 1. The van der Waals surface area contributed by atoms with Crippen LogP contribution in [0.15, 0.2) is 41.3 Å². The van der Waals surface area contributed by atoms with E-state index >= 15 is 0 Å². The quantitative estimate of drug-likeness (QED) is 0.813. The smallest absolute Gasteiger partial charge is 0.243 e. The first-order valence-electron chi connectivity index (χ1n) is 7.82. The third kappa shape index (κ3) is 4.55. The summed E-state index contributed by atoms with van der Waals surface area (Å²) in [6.45, 7) is 3.47. The van der Waals surface area contributed by atoms with Crippen LogP contribution in [0.25, 0.3) is 0 Å². The second kappa shape index (κ2) is 8.07. The SMILES string of the molecule is COc1ccc(S(=O)(=O)N(C)CC(=O)Nc2cc(C)ccc2C)cc1Cl. The van der Waals surface area contributed by atoms with Crippen molar-refractivity contribution < 1.29 is 17.9 Å². The minimum atomic E-state index is -3.86. The number of rotatable bonds is 6. The van der Waals surface area contributed by atoms with Gasteiger partial charge in [0.25, 0.3) is 0 Å². The van der Waals surface area contributed by atoms with Gasteiger partial charge in [-0.25, -0.2) is 8.42 Å². The van der Waals surface area contributed by atoms with Gasteiger partial charge in [0.1, 0.15) is 5.75 Å². The van der Waals surface area contributed by atoms with E-state index < -0.39 is 15.9 Å². The molecule has 0 aliphatic heterocycles. The lowest BCUT2D eigenvalue weighted by atomic mass is 10.1. The van der Waals surface area contributed by atoms with E-state index in [2.05, 4.69) is 5.32 Å². The molecule has 0 saturated carbocycles. The number of carbonyl (C=O) groups is 1. The van der Waals surface area contributed by atoms with Crippen molar-refractivity contribution in [2.45, 2.75) is 18.7 Å². The molecule has 0 unspecified atom stereocenters. The van der Waals surface area contributed by atoms with Gasteiger partial charge in [0.2, 0.25) is 15.9 Å². The molecule has 0 heterocycles. The maximum Gasteiger partial charge on any atom is 0.243 e. The maximum atomic E-state index is 12.6. The summed E-state index contributed by atoms with van der Waals surface area (Å²) in [5, 5.41) is 2.93. The van der Waals surface area contributed by atoms with Gasteiger partial charge in [0.05, 0.1) is 23.6 Å². The Labute approximate surface area is 158 Å². The van der Waals surface area contributed by atoms with E-state index in [1.165, 1.54) is 32.4 Å². The van der Waals surface area contributed by atoms with E-state index in [0.29, 0.717) is 11.4 Å². The Hall–Kier alpha value is -2.09. The molecule has 1 N–H and O–H groups in total. The Balaban J connectivity index is 2.14. The molecule has 2 aromatic rings. The first-order valence-corrected chi connectivity index (χ1v) is 9.64. The number of benzene rings is 2. The number of methoxy groups -OCH3 is 1. The zero-order valence-corrected chi connectivity index (χ0v) is 16.6. The predicted octanol–water partition coefficient (Wildman–Crippen LogP) is 3.22. The van der Waals surface area contributed by atoms with Gasteiger partial charge in [-0.2, -0.15) is 4.31 Å². The van der Waals surface area contributed by atoms with Crippen molar-refractivity contribution in [2.75, 3.05) is 26.0 Å². The monoisotopic (exact) mass is 396 g/mol. The summed E-state index contributed by atoms with van der Waals surface area (Å²) in [6.07, 6.45) is 0. The Kier molecular flexibility index (Phi) is 6.28. The summed E-state index contributed by atoms with van der Waals surface area (Å²) < 4.78 is 31.3. The van der Waals surface area contributed by atoms with E-state index in [1.807, 2.05) is 32.0 Å². The fraction of sp³-hybridized carbons (Fsp3) is 0.278. The molecule has 1 amide bonds. The molecular formula is C18H21ClN2O4S. The summed E-state index contributed by atoms with van der Waals surface area (Å²) in [7, 11) is -1.07. The molecule has 0 radical (unpaired) electrons. The minimum absolute atomic E-state index is 0.00895. The number of halogens is 1. The van der Waals surface area contributed by atoms with Crippen LogP contribution in [-0.4, -0.2) is 39.3 Å². The van der Waals surface area contributed by atoms with Crippen molar-refractivity contribution in [3.8, 4) is 5.75 Å². The molecule has 0 bridgehead atoms. The van der Waals surface area contributed by atoms with E-state index in [9.17, 15) is 13.2 Å². The zero-order valence-electron chi connectivity index (χ0n) is 15.0. The number of hydrogen-bond acceptors (Lipinski definition) is 4.